The third-order valence-electron chi connectivity index (χ3n) is 2.53. The molecule has 0 aliphatic carbocycles. The second kappa shape index (κ2) is 5.34. The maximum Gasteiger partial charge on any atom is 0.171 e. The largest absolute Gasteiger partial charge is 0.508 e. The third-order valence-corrected chi connectivity index (χ3v) is 2.53. The van der Waals surface area contributed by atoms with Crippen LogP contribution in [0.4, 0.5) is 0 Å². The lowest BCUT2D eigenvalue weighted by Gasteiger charge is -2.21. The maximum atomic E-state index is 9.79. The normalized spacial score (nSPS) is 12.6. The molecule has 3 nitrogen and oxygen atoms in total. The fraction of sp³-hybridized carbons (Fsp3) is 0.429. The standard InChI is InChI=1S/C14H20O3/c1-14(2,3)11-9-10(7-8-12(11)15)5-4-6-13(16)17/h4,6-9,13,15-17H,5H2,1-3H3. The van der Waals surface area contributed by atoms with Crippen molar-refractivity contribution in [1.29, 1.82) is 0 Å². The number of rotatable bonds is 3. The predicted octanol–water partition coefficient (Wildman–Crippen LogP) is 2.10. The van der Waals surface area contributed by atoms with Crippen LogP contribution in [0.25, 0.3) is 0 Å². The molecule has 0 heterocycles. The summed E-state index contributed by atoms with van der Waals surface area (Å²) in [5.74, 6) is 0.299. The van der Waals surface area contributed by atoms with Gasteiger partial charge in [-0.3, -0.25) is 0 Å². The first kappa shape index (κ1) is 13.7. The number of aliphatic hydroxyl groups is 2. The number of hydrogen-bond donors (Lipinski definition) is 3. The van der Waals surface area contributed by atoms with Crippen LogP contribution >= 0.6 is 0 Å². The third kappa shape index (κ3) is 4.21. The molecule has 1 rings (SSSR count). The predicted molar refractivity (Wildman–Crippen MR) is 67.9 cm³/mol. The van der Waals surface area contributed by atoms with Crippen molar-refractivity contribution in [3.8, 4) is 5.75 Å². The number of aliphatic hydroxyl groups excluding tert-OH is 1. The van der Waals surface area contributed by atoms with Gasteiger partial charge in [-0.15, -0.1) is 0 Å². The lowest BCUT2D eigenvalue weighted by molar-refractivity contribution is 0.00220. The van der Waals surface area contributed by atoms with Gasteiger partial charge in [-0.2, -0.15) is 0 Å². The fourth-order valence-electron chi connectivity index (χ4n) is 1.64. The van der Waals surface area contributed by atoms with Crippen LogP contribution in [0, 0.1) is 0 Å². The average molecular weight is 236 g/mol. The summed E-state index contributed by atoms with van der Waals surface area (Å²) in [6, 6.07) is 5.46. The van der Waals surface area contributed by atoms with Gasteiger partial charge in [-0.25, -0.2) is 0 Å². The van der Waals surface area contributed by atoms with Gasteiger partial charge in [0.1, 0.15) is 5.75 Å². The Bertz CT molecular complexity index is 400. The van der Waals surface area contributed by atoms with Gasteiger partial charge < -0.3 is 15.3 Å². The maximum absolute atomic E-state index is 9.79. The number of benzene rings is 1. The fourth-order valence-corrected chi connectivity index (χ4v) is 1.64. The van der Waals surface area contributed by atoms with E-state index in [2.05, 4.69) is 0 Å². The zero-order chi connectivity index (χ0) is 13.1. The molecule has 3 N–H and O–H groups in total. The van der Waals surface area contributed by atoms with Gasteiger partial charge in [0.05, 0.1) is 0 Å². The zero-order valence-electron chi connectivity index (χ0n) is 10.5. The van der Waals surface area contributed by atoms with Gasteiger partial charge in [0, 0.05) is 0 Å². The van der Waals surface area contributed by atoms with Gasteiger partial charge in [-0.1, -0.05) is 39.0 Å². The highest BCUT2D eigenvalue weighted by Gasteiger charge is 2.17. The van der Waals surface area contributed by atoms with Gasteiger partial charge >= 0.3 is 0 Å². The molecule has 0 radical (unpaired) electrons. The number of phenols is 1. The first-order valence-electron chi connectivity index (χ1n) is 5.66. The van der Waals surface area contributed by atoms with Crippen LogP contribution in [0.15, 0.2) is 30.4 Å². The van der Waals surface area contributed by atoms with Crippen LogP contribution < -0.4 is 0 Å². The Morgan fingerprint density at radius 2 is 1.88 bits per heavy atom. The van der Waals surface area contributed by atoms with E-state index in [1.165, 1.54) is 6.08 Å². The SMILES string of the molecule is CC(C)(C)c1cc(CC=CC(O)O)ccc1O. The summed E-state index contributed by atoms with van der Waals surface area (Å²) in [5, 5.41) is 27.2. The first-order valence-corrected chi connectivity index (χ1v) is 5.66. The lowest BCUT2D eigenvalue weighted by Crippen LogP contribution is -2.11. The molecule has 1 aromatic carbocycles. The van der Waals surface area contributed by atoms with Gasteiger partial charge in [0.2, 0.25) is 0 Å². The van der Waals surface area contributed by atoms with Crippen LogP contribution in [0.2, 0.25) is 0 Å². The second-order valence-electron chi connectivity index (χ2n) is 5.15. The zero-order valence-corrected chi connectivity index (χ0v) is 10.5. The smallest absolute Gasteiger partial charge is 0.171 e. The van der Waals surface area contributed by atoms with Crippen molar-refractivity contribution in [2.24, 2.45) is 0 Å². The van der Waals surface area contributed by atoms with E-state index in [9.17, 15) is 5.11 Å². The molecule has 0 bridgehead atoms. The van der Waals surface area contributed by atoms with E-state index in [1.807, 2.05) is 32.9 Å². The van der Waals surface area contributed by atoms with E-state index < -0.39 is 6.29 Å². The molecule has 1 aromatic rings. The average Bonchev–Trinajstić information content (AvgIpc) is 2.18. The molecule has 0 aliphatic heterocycles. The van der Waals surface area contributed by atoms with Crippen LogP contribution in [0.3, 0.4) is 0 Å². The quantitative estimate of drug-likeness (QED) is 0.556. The van der Waals surface area contributed by atoms with Crippen LogP contribution in [0.5, 0.6) is 5.75 Å². The molecule has 0 fully saturated rings. The Balaban J connectivity index is 2.90. The van der Waals surface area contributed by atoms with Crippen molar-refractivity contribution >= 4 is 0 Å². The minimum Gasteiger partial charge on any atom is -0.508 e. The summed E-state index contributed by atoms with van der Waals surface area (Å²) < 4.78 is 0. The molecular weight excluding hydrogens is 216 g/mol. The summed E-state index contributed by atoms with van der Waals surface area (Å²) in [5.41, 5.74) is 1.82. The molecule has 17 heavy (non-hydrogen) atoms. The topological polar surface area (TPSA) is 60.7 Å². The molecule has 0 aliphatic rings. The minimum atomic E-state index is -1.41. The molecule has 0 saturated carbocycles. The second-order valence-corrected chi connectivity index (χ2v) is 5.15. The number of aromatic hydroxyl groups is 1. The Kier molecular flexibility index (Phi) is 4.32. The molecular formula is C14H20O3. The van der Waals surface area contributed by atoms with Crippen LogP contribution in [-0.2, 0) is 11.8 Å². The van der Waals surface area contributed by atoms with Crippen molar-refractivity contribution in [3.05, 3.63) is 41.5 Å². The van der Waals surface area contributed by atoms with Crippen LogP contribution in [-0.4, -0.2) is 21.6 Å². The van der Waals surface area contributed by atoms with Crippen molar-refractivity contribution in [2.75, 3.05) is 0 Å². The number of phenolic OH excluding ortho intramolecular Hbond substituents is 1. The molecule has 0 amide bonds. The summed E-state index contributed by atoms with van der Waals surface area (Å²) in [4.78, 5) is 0. The van der Waals surface area contributed by atoms with Crippen molar-refractivity contribution < 1.29 is 15.3 Å². The minimum absolute atomic E-state index is 0.111. The molecule has 0 saturated heterocycles. The molecule has 0 aromatic heterocycles. The monoisotopic (exact) mass is 236 g/mol. The van der Waals surface area contributed by atoms with Crippen LogP contribution in [0.1, 0.15) is 31.9 Å². The van der Waals surface area contributed by atoms with E-state index in [0.717, 1.165) is 11.1 Å². The van der Waals surface area contributed by atoms with E-state index >= 15 is 0 Å². The van der Waals surface area contributed by atoms with Gasteiger partial charge in [0.25, 0.3) is 0 Å². The highest BCUT2D eigenvalue weighted by molar-refractivity contribution is 5.41. The van der Waals surface area contributed by atoms with E-state index in [4.69, 9.17) is 10.2 Å². The number of hydrogen-bond acceptors (Lipinski definition) is 3. The Morgan fingerprint density at radius 3 is 2.41 bits per heavy atom. The molecule has 94 valence electrons. The number of allylic oxidation sites excluding steroid dienone is 1. The van der Waals surface area contributed by atoms with Crippen molar-refractivity contribution in [3.63, 3.8) is 0 Å². The lowest BCUT2D eigenvalue weighted by atomic mass is 9.85. The molecule has 0 spiro atoms. The summed E-state index contributed by atoms with van der Waals surface area (Å²) in [6.45, 7) is 6.12. The summed E-state index contributed by atoms with van der Waals surface area (Å²) in [6.07, 6.45) is 2.22. The highest BCUT2D eigenvalue weighted by Crippen LogP contribution is 2.31. The first-order chi connectivity index (χ1) is 7.80. The summed E-state index contributed by atoms with van der Waals surface area (Å²) >= 11 is 0. The molecule has 0 unspecified atom stereocenters. The van der Waals surface area contributed by atoms with E-state index in [1.54, 1.807) is 12.1 Å². The Morgan fingerprint density at radius 1 is 1.24 bits per heavy atom. The Labute approximate surface area is 102 Å². The van der Waals surface area contributed by atoms with Gasteiger partial charge in [0.15, 0.2) is 6.29 Å². The van der Waals surface area contributed by atoms with E-state index in [0.29, 0.717) is 12.2 Å². The Hall–Kier alpha value is -1.32. The molecule has 3 heteroatoms. The highest BCUT2D eigenvalue weighted by atomic mass is 16.5. The van der Waals surface area contributed by atoms with Crippen molar-refractivity contribution in [2.45, 2.75) is 38.9 Å². The molecule has 0 atom stereocenters. The van der Waals surface area contributed by atoms with Crippen molar-refractivity contribution in [1.82, 2.24) is 0 Å². The van der Waals surface area contributed by atoms with E-state index in [-0.39, 0.29) is 5.41 Å². The summed E-state index contributed by atoms with van der Waals surface area (Å²) in [7, 11) is 0. The van der Waals surface area contributed by atoms with Gasteiger partial charge in [-0.05, 0) is 35.1 Å².